The average molecular weight is 506 g/mol. The van der Waals surface area contributed by atoms with Crippen molar-refractivity contribution in [3.8, 4) is 22.8 Å². The van der Waals surface area contributed by atoms with Crippen molar-refractivity contribution < 1.29 is 13.9 Å². The van der Waals surface area contributed by atoms with Crippen molar-refractivity contribution >= 4 is 39.6 Å². The second kappa shape index (κ2) is 8.87. The van der Waals surface area contributed by atoms with E-state index in [9.17, 15) is 9.18 Å². The lowest BCUT2D eigenvalue weighted by Crippen LogP contribution is -2.32. The molecule has 1 fully saturated rings. The van der Waals surface area contributed by atoms with Crippen LogP contribution in [0.1, 0.15) is 12.2 Å². The molecule has 0 unspecified atom stereocenters. The van der Waals surface area contributed by atoms with E-state index in [2.05, 4.69) is 20.1 Å². The normalized spacial score (nSPS) is 15.8. The largest absolute Gasteiger partial charge is 0.456 e. The molecule has 3 aromatic heterocycles. The van der Waals surface area contributed by atoms with E-state index in [0.717, 1.165) is 16.9 Å². The zero-order valence-electron chi connectivity index (χ0n) is 19.3. The van der Waals surface area contributed by atoms with Gasteiger partial charge in [0.05, 0.1) is 41.2 Å². The monoisotopic (exact) mass is 505 g/mol. The Balaban J connectivity index is 1.25. The lowest BCUT2D eigenvalue weighted by Gasteiger charge is -2.14. The minimum absolute atomic E-state index is 0.0344. The Morgan fingerprint density at radius 1 is 1.22 bits per heavy atom. The number of carbonyl (C=O) groups is 1. The molecule has 5 aromatic rings. The number of halogens is 2. The first-order valence-corrected chi connectivity index (χ1v) is 11.8. The van der Waals surface area contributed by atoms with E-state index in [0.29, 0.717) is 51.8 Å². The number of imidazole rings is 1. The molecule has 182 valence electrons. The Hall–Kier alpha value is -4.05. The lowest BCUT2D eigenvalue weighted by atomic mass is 10.2. The summed E-state index contributed by atoms with van der Waals surface area (Å²) in [6, 6.07) is 9.12. The summed E-state index contributed by atoms with van der Waals surface area (Å²) in [5, 5.41) is 4.60. The van der Waals surface area contributed by atoms with Crippen molar-refractivity contribution in [2.24, 2.45) is 0 Å². The van der Waals surface area contributed by atoms with Gasteiger partial charge in [-0.05, 0) is 37.6 Å². The standard InChI is InChI=1S/C25H21ClFN7O2/c1-14-30-18-3-2-17(8-20(18)31-14)36-22-5-4-19-25(24(22)26)32-21(10-28-19)15-9-29-34(11-15)13-23(35)33-7-6-16(27)12-33/h2-5,8-11,16H,6-7,12-13H2,1H3,(H,30,31)/t16-/m1/s1. The van der Waals surface area contributed by atoms with Gasteiger partial charge >= 0.3 is 0 Å². The number of H-pyrrole nitrogens is 1. The number of hydrogen-bond donors (Lipinski definition) is 1. The molecule has 0 aliphatic carbocycles. The molecule has 0 bridgehead atoms. The summed E-state index contributed by atoms with van der Waals surface area (Å²) in [4.78, 5) is 30.7. The molecule has 0 saturated carbocycles. The van der Waals surface area contributed by atoms with Crippen molar-refractivity contribution in [1.29, 1.82) is 0 Å². The third-order valence-corrected chi connectivity index (χ3v) is 6.49. The number of fused-ring (bicyclic) bond motifs is 2. The molecular weight excluding hydrogens is 485 g/mol. The Labute approximate surface area is 209 Å². The van der Waals surface area contributed by atoms with Gasteiger partial charge in [0.15, 0.2) is 0 Å². The average Bonchev–Trinajstić information content (AvgIpc) is 3.60. The number of carbonyl (C=O) groups excluding carboxylic acids is 1. The summed E-state index contributed by atoms with van der Waals surface area (Å²) in [5.41, 5.74) is 4.07. The molecule has 6 rings (SSSR count). The third-order valence-electron chi connectivity index (χ3n) is 6.13. The molecule has 36 heavy (non-hydrogen) atoms. The van der Waals surface area contributed by atoms with Gasteiger partial charge in [0.1, 0.15) is 40.6 Å². The van der Waals surface area contributed by atoms with Crippen LogP contribution < -0.4 is 4.74 Å². The predicted molar refractivity (Wildman–Crippen MR) is 133 cm³/mol. The van der Waals surface area contributed by atoms with Crippen LogP contribution in [0.15, 0.2) is 48.9 Å². The van der Waals surface area contributed by atoms with Gasteiger partial charge in [-0.3, -0.25) is 14.5 Å². The Kier molecular flexibility index (Phi) is 5.52. The van der Waals surface area contributed by atoms with Crippen LogP contribution in [0, 0.1) is 6.92 Å². The number of benzene rings is 2. The van der Waals surface area contributed by atoms with E-state index in [1.807, 2.05) is 25.1 Å². The van der Waals surface area contributed by atoms with Gasteiger partial charge in [-0.1, -0.05) is 11.6 Å². The summed E-state index contributed by atoms with van der Waals surface area (Å²) in [6.07, 6.45) is 4.39. The summed E-state index contributed by atoms with van der Waals surface area (Å²) in [6.45, 7) is 2.50. The maximum absolute atomic E-state index is 13.4. The Morgan fingerprint density at radius 3 is 2.92 bits per heavy atom. The number of aromatic nitrogens is 6. The van der Waals surface area contributed by atoms with Gasteiger partial charge in [-0.25, -0.2) is 14.4 Å². The van der Waals surface area contributed by atoms with Crippen LogP contribution in [0.25, 0.3) is 33.3 Å². The Morgan fingerprint density at radius 2 is 2.08 bits per heavy atom. The van der Waals surface area contributed by atoms with Gasteiger partial charge in [0.2, 0.25) is 5.91 Å². The molecular formula is C25H21ClFN7O2. The van der Waals surface area contributed by atoms with Crippen LogP contribution in [0.4, 0.5) is 4.39 Å². The highest BCUT2D eigenvalue weighted by Gasteiger charge is 2.26. The number of alkyl halides is 1. The number of nitrogens with zero attached hydrogens (tertiary/aromatic N) is 6. The maximum atomic E-state index is 13.4. The molecule has 0 spiro atoms. The molecule has 1 aliphatic heterocycles. The SMILES string of the molecule is Cc1nc2ccc(Oc3ccc4ncc(-c5cnn(CC(=O)N6CC[C@@H](F)C6)c5)nc4c3Cl)cc2[nH]1. The number of aryl methyl sites for hydroxylation is 1. The second-order valence-electron chi connectivity index (χ2n) is 8.76. The van der Waals surface area contributed by atoms with Crippen molar-refractivity contribution in [2.45, 2.75) is 26.1 Å². The van der Waals surface area contributed by atoms with Crippen molar-refractivity contribution in [3.63, 3.8) is 0 Å². The summed E-state index contributed by atoms with van der Waals surface area (Å²) >= 11 is 6.68. The highest BCUT2D eigenvalue weighted by molar-refractivity contribution is 6.36. The van der Waals surface area contributed by atoms with Crippen molar-refractivity contribution in [3.05, 3.63) is 59.8 Å². The smallest absolute Gasteiger partial charge is 0.244 e. The molecule has 4 heterocycles. The predicted octanol–water partition coefficient (Wildman–Crippen LogP) is 4.69. The molecule has 0 radical (unpaired) electrons. The zero-order valence-corrected chi connectivity index (χ0v) is 20.0. The minimum atomic E-state index is -0.953. The van der Waals surface area contributed by atoms with Gasteiger partial charge in [0.25, 0.3) is 0 Å². The first kappa shape index (κ1) is 22.4. The number of nitrogens with one attached hydrogen (secondary N) is 1. The van der Waals surface area contributed by atoms with Crippen LogP contribution >= 0.6 is 11.6 Å². The number of rotatable bonds is 5. The van der Waals surface area contributed by atoms with Gasteiger partial charge in [-0.15, -0.1) is 0 Å². The summed E-state index contributed by atoms with van der Waals surface area (Å²) < 4.78 is 21.0. The van der Waals surface area contributed by atoms with Gasteiger partial charge in [-0.2, -0.15) is 5.10 Å². The molecule has 9 nitrogen and oxygen atoms in total. The summed E-state index contributed by atoms with van der Waals surface area (Å²) in [5.74, 6) is 1.72. The molecule has 1 saturated heterocycles. The van der Waals surface area contributed by atoms with E-state index >= 15 is 0 Å². The van der Waals surface area contributed by atoms with Gasteiger partial charge < -0.3 is 14.6 Å². The summed E-state index contributed by atoms with van der Waals surface area (Å²) in [7, 11) is 0. The maximum Gasteiger partial charge on any atom is 0.244 e. The van der Waals surface area contributed by atoms with Crippen LogP contribution in [0.3, 0.4) is 0 Å². The first-order valence-electron chi connectivity index (χ1n) is 11.5. The van der Waals surface area contributed by atoms with E-state index < -0.39 is 6.17 Å². The fourth-order valence-corrected chi connectivity index (χ4v) is 4.56. The molecule has 1 amide bonds. The zero-order chi connectivity index (χ0) is 24.8. The number of amides is 1. The van der Waals surface area contributed by atoms with Gasteiger partial charge in [0, 0.05) is 24.4 Å². The van der Waals surface area contributed by atoms with Crippen LogP contribution in [0.2, 0.25) is 5.02 Å². The highest BCUT2D eigenvalue weighted by Crippen LogP contribution is 2.35. The fourth-order valence-electron chi connectivity index (χ4n) is 4.32. The van der Waals surface area contributed by atoms with Crippen molar-refractivity contribution in [2.75, 3.05) is 13.1 Å². The Bertz CT molecular complexity index is 1620. The quantitative estimate of drug-likeness (QED) is 0.371. The lowest BCUT2D eigenvalue weighted by molar-refractivity contribution is -0.131. The van der Waals surface area contributed by atoms with Crippen LogP contribution in [0.5, 0.6) is 11.5 Å². The second-order valence-corrected chi connectivity index (χ2v) is 9.13. The molecule has 2 aromatic carbocycles. The van der Waals surface area contributed by atoms with E-state index in [1.54, 1.807) is 30.7 Å². The van der Waals surface area contributed by atoms with E-state index in [4.69, 9.17) is 21.3 Å². The van der Waals surface area contributed by atoms with Crippen LogP contribution in [-0.2, 0) is 11.3 Å². The highest BCUT2D eigenvalue weighted by atomic mass is 35.5. The number of likely N-dealkylation sites (tertiary alicyclic amines) is 1. The molecule has 1 atom stereocenters. The van der Waals surface area contributed by atoms with Crippen LogP contribution in [-0.4, -0.2) is 59.8 Å². The first-order chi connectivity index (χ1) is 17.4. The fraction of sp³-hybridized carbons (Fsp3) is 0.240. The topological polar surface area (TPSA) is 102 Å². The van der Waals surface area contributed by atoms with Crippen molar-refractivity contribution in [1.82, 2.24) is 34.6 Å². The number of ether oxygens (including phenoxy) is 1. The number of aromatic amines is 1. The molecule has 1 N–H and O–H groups in total. The van der Waals surface area contributed by atoms with E-state index in [1.165, 1.54) is 9.58 Å². The third kappa shape index (κ3) is 4.24. The minimum Gasteiger partial charge on any atom is -0.456 e. The molecule has 11 heteroatoms. The number of hydrogen-bond acceptors (Lipinski definition) is 6. The van der Waals surface area contributed by atoms with E-state index in [-0.39, 0.29) is 19.0 Å². The molecule has 1 aliphatic rings.